The number of unbranched alkanes of at least 4 members (excludes halogenated alkanes) is 1. The summed E-state index contributed by atoms with van der Waals surface area (Å²) in [6, 6.07) is 15.7. The van der Waals surface area contributed by atoms with Gasteiger partial charge in [0.05, 0.1) is 5.56 Å². The van der Waals surface area contributed by atoms with E-state index in [4.69, 9.17) is 0 Å². The van der Waals surface area contributed by atoms with Crippen LogP contribution in [0.4, 0.5) is 5.69 Å². The van der Waals surface area contributed by atoms with Crippen LogP contribution in [-0.4, -0.2) is 27.1 Å². The molecular weight excluding hydrogens is 439 g/mol. The number of amides is 1. The first-order chi connectivity index (χ1) is 12.7. The summed E-state index contributed by atoms with van der Waals surface area (Å²) >= 11 is 2.19. The molecule has 0 aromatic heterocycles. The largest absolute Gasteiger partial charge is 0.333 e. The van der Waals surface area contributed by atoms with Crippen molar-refractivity contribution in [1.29, 1.82) is 0 Å². The highest BCUT2D eigenvalue weighted by molar-refractivity contribution is 14.1. The van der Waals surface area contributed by atoms with Gasteiger partial charge in [0, 0.05) is 9.26 Å². The van der Waals surface area contributed by atoms with Gasteiger partial charge in [0.15, 0.2) is 0 Å². The van der Waals surface area contributed by atoms with E-state index in [9.17, 15) is 4.79 Å². The van der Waals surface area contributed by atoms with Gasteiger partial charge < -0.3 is 22.5 Å². The molecule has 0 atom stereocenters. The molecule has 0 heterocycles. The van der Waals surface area contributed by atoms with Crippen LogP contribution in [0.2, 0.25) is 0 Å². The Morgan fingerprint density at radius 1 is 0.923 bits per heavy atom. The van der Waals surface area contributed by atoms with Crippen LogP contribution in [-0.2, 0) is 6.42 Å². The van der Waals surface area contributed by atoms with Gasteiger partial charge in [-0.25, -0.2) is 0 Å². The van der Waals surface area contributed by atoms with Gasteiger partial charge in [0.1, 0.15) is 0 Å². The van der Waals surface area contributed by atoms with Gasteiger partial charge in [-0.1, -0.05) is 43.7 Å². The van der Waals surface area contributed by atoms with Gasteiger partial charge in [-0.3, -0.25) is 4.79 Å². The minimum absolute atomic E-state index is 0.0426. The molecule has 2 rings (SSSR count). The zero-order valence-electron chi connectivity index (χ0n) is 16.3. The number of carbonyl (C=O) groups excluding carboxylic acids is 1. The summed E-state index contributed by atoms with van der Waals surface area (Å²) in [5, 5.41) is 3.03. The van der Waals surface area contributed by atoms with E-state index in [1.54, 1.807) is 0 Å². The molecule has 0 saturated carbocycles. The van der Waals surface area contributed by atoms with Crippen LogP contribution in [0.5, 0.6) is 0 Å². The smallest absolute Gasteiger partial charge is 0.256 e. The molecule has 0 saturated heterocycles. The molecule has 5 nitrogen and oxygen atoms in total. The first-order valence-electron chi connectivity index (χ1n) is 8.59. The van der Waals surface area contributed by atoms with Gasteiger partial charge in [0.2, 0.25) is 0 Å². The number of aryl methyl sites for hydroxylation is 1. The maximum Gasteiger partial charge on any atom is 0.256 e. The molecule has 6 heteroatoms. The monoisotopic (exact) mass is 472 g/mol. The lowest BCUT2D eigenvalue weighted by Crippen LogP contribution is -2.14. The fraction of sp³-hybridized carbons (Fsp3) is 0.350. The highest BCUT2D eigenvalue weighted by Gasteiger charge is 2.11. The molecule has 0 unspecified atom stereocenters. The van der Waals surface area contributed by atoms with Gasteiger partial charge in [0.25, 0.3) is 5.91 Å². The standard InChI is InChI=1S/C17H18INO.3CH5N/c1-2-3-8-13-9-4-7-12-16(13)19-17(20)14-10-5-6-11-15(14)18;3*1-2/h4-7,9-12H,2-3,8H2,1H3,(H,19,20);3*2H2,1H3. The zero-order valence-corrected chi connectivity index (χ0v) is 18.4. The fourth-order valence-electron chi connectivity index (χ4n) is 2.06. The maximum atomic E-state index is 12.3. The van der Waals surface area contributed by atoms with Gasteiger partial charge in [-0.15, -0.1) is 0 Å². The molecular formula is C20H33IN4O. The van der Waals surface area contributed by atoms with E-state index in [0.717, 1.165) is 34.1 Å². The average molecular weight is 472 g/mol. The Balaban J connectivity index is 0. The Kier molecular flexibility index (Phi) is 18.8. The number of nitrogens with one attached hydrogen (secondary N) is 1. The molecule has 146 valence electrons. The van der Waals surface area contributed by atoms with Crippen LogP contribution < -0.4 is 22.5 Å². The fourth-order valence-corrected chi connectivity index (χ4v) is 2.69. The van der Waals surface area contributed by atoms with Crippen molar-refractivity contribution in [3.05, 3.63) is 63.2 Å². The number of rotatable bonds is 5. The molecule has 2 aromatic carbocycles. The van der Waals surface area contributed by atoms with Crippen molar-refractivity contribution in [2.24, 2.45) is 17.2 Å². The van der Waals surface area contributed by atoms with Crippen molar-refractivity contribution >= 4 is 34.2 Å². The minimum Gasteiger partial charge on any atom is -0.333 e. The number of hydrogen-bond donors (Lipinski definition) is 4. The summed E-state index contributed by atoms with van der Waals surface area (Å²) in [5.41, 5.74) is 16.3. The number of halogens is 1. The van der Waals surface area contributed by atoms with Crippen molar-refractivity contribution < 1.29 is 4.79 Å². The Morgan fingerprint density at radius 3 is 2.04 bits per heavy atom. The molecule has 0 aliphatic rings. The number of anilines is 1. The van der Waals surface area contributed by atoms with Crippen LogP contribution >= 0.6 is 22.6 Å². The van der Waals surface area contributed by atoms with E-state index in [0.29, 0.717) is 0 Å². The topological polar surface area (TPSA) is 107 Å². The number of hydrogen-bond acceptors (Lipinski definition) is 4. The van der Waals surface area contributed by atoms with Crippen molar-refractivity contribution in [3.8, 4) is 0 Å². The first kappa shape index (κ1) is 26.7. The Bertz CT molecular complexity index is 606. The third kappa shape index (κ3) is 9.86. The second-order valence-electron chi connectivity index (χ2n) is 4.69. The highest BCUT2D eigenvalue weighted by atomic mass is 127. The molecule has 1 amide bonds. The third-order valence-electron chi connectivity index (χ3n) is 3.18. The molecule has 7 N–H and O–H groups in total. The van der Waals surface area contributed by atoms with E-state index in [1.165, 1.54) is 26.7 Å². The molecule has 0 aliphatic heterocycles. The number of nitrogens with two attached hydrogens (primary N) is 3. The molecule has 26 heavy (non-hydrogen) atoms. The molecule has 0 aliphatic carbocycles. The SMILES string of the molecule is CCCCc1ccccc1NC(=O)c1ccccc1I.CN.CN.CN. The lowest BCUT2D eigenvalue weighted by atomic mass is 10.1. The predicted octanol–water partition coefficient (Wildman–Crippen LogP) is 3.61. The second-order valence-corrected chi connectivity index (χ2v) is 5.86. The summed E-state index contributed by atoms with van der Waals surface area (Å²) in [4.78, 5) is 12.3. The summed E-state index contributed by atoms with van der Waals surface area (Å²) in [5.74, 6) is -0.0426. The van der Waals surface area contributed by atoms with Crippen molar-refractivity contribution in [1.82, 2.24) is 0 Å². The normalized spacial score (nSPS) is 8.62. The number of para-hydroxylation sites is 1. The summed E-state index contributed by atoms with van der Waals surface area (Å²) in [7, 11) is 4.50. The van der Waals surface area contributed by atoms with Crippen LogP contribution in [0.3, 0.4) is 0 Å². The Morgan fingerprint density at radius 2 is 1.46 bits per heavy atom. The highest BCUT2D eigenvalue weighted by Crippen LogP contribution is 2.20. The van der Waals surface area contributed by atoms with E-state index in [2.05, 4.69) is 58.1 Å². The molecule has 2 aromatic rings. The van der Waals surface area contributed by atoms with E-state index in [-0.39, 0.29) is 5.91 Å². The summed E-state index contributed by atoms with van der Waals surface area (Å²) < 4.78 is 0.966. The van der Waals surface area contributed by atoms with Gasteiger partial charge in [-0.2, -0.15) is 0 Å². The van der Waals surface area contributed by atoms with Crippen molar-refractivity contribution in [3.63, 3.8) is 0 Å². The third-order valence-corrected chi connectivity index (χ3v) is 4.12. The van der Waals surface area contributed by atoms with E-state index >= 15 is 0 Å². The number of carbonyl (C=O) groups is 1. The molecule has 0 spiro atoms. The zero-order chi connectivity index (χ0) is 20.4. The Labute approximate surface area is 171 Å². The van der Waals surface area contributed by atoms with Crippen LogP contribution in [0.1, 0.15) is 35.7 Å². The second kappa shape index (κ2) is 18.3. The van der Waals surface area contributed by atoms with Crippen LogP contribution in [0, 0.1) is 3.57 Å². The lowest BCUT2D eigenvalue weighted by Gasteiger charge is -2.11. The predicted molar refractivity (Wildman–Crippen MR) is 123 cm³/mol. The van der Waals surface area contributed by atoms with E-state index in [1.807, 2.05) is 42.5 Å². The van der Waals surface area contributed by atoms with E-state index < -0.39 is 0 Å². The maximum absolute atomic E-state index is 12.3. The summed E-state index contributed by atoms with van der Waals surface area (Å²) in [6.07, 6.45) is 3.29. The summed E-state index contributed by atoms with van der Waals surface area (Å²) in [6.45, 7) is 2.17. The lowest BCUT2D eigenvalue weighted by molar-refractivity contribution is 0.102. The van der Waals surface area contributed by atoms with Crippen LogP contribution in [0.25, 0.3) is 0 Å². The average Bonchev–Trinajstić information content (AvgIpc) is 2.72. The molecule has 0 bridgehead atoms. The molecule has 0 fully saturated rings. The van der Waals surface area contributed by atoms with Gasteiger partial charge in [-0.05, 0) is 80.3 Å². The van der Waals surface area contributed by atoms with Crippen molar-refractivity contribution in [2.75, 3.05) is 26.5 Å². The first-order valence-corrected chi connectivity index (χ1v) is 9.67. The minimum atomic E-state index is -0.0426. The number of benzene rings is 2. The van der Waals surface area contributed by atoms with Gasteiger partial charge >= 0.3 is 0 Å². The van der Waals surface area contributed by atoms with Crippen LogP contribution in [0.15, 0.2) is 48.5 Å². The molecule has 0 radical (unpaired) electrons. The quantitative estimate of drug-likeness (QED) is 0.499. The Hall–Kier alpha value is -1.48. The van der Waals surface area contributed by atoms with Crippen molar-refractivity contribution in [2.45, 2.75) is 26.2 Å².